The van der Waals surface area contributed by atoms with Crippen molar-refractivity contribution in [3.05, 3.63) is 47.8 Å². The second-order valence-electron chi connectivity index (χ2n) is 5.19. The summed E-state index contributed by atoms with van der Waals surface area (Å²) in [5.41, 5.74) is 8.34. The second-order valence-corrected chi connectivity index (χ2v) is 5.19. The average Bonchev–Trinajstić information content (AvgIpc) is 3.05. The van der Waals surface area contributed by atoms with Crippen LogP contribution in [0.2, 0.25) is 0 Å². The number of amides is 1. The van der Waals surface area contributed by atoms with Crippen LogP contribution < -0.4 is 5.73 Å². The van der Waals surface area contributed by atoms with Crippen LogP contribution >= 0.6 is 12.4 Å². The highest BCUT2D eigenvalue weighted by Gasteiger charge is 2.27. The molecule has 1 fully saturated rings. The monoisotopic (exact) mass is 306 g/mol. The Bertz CT molecular complexity index is 626. The van der Waals surface area contributed by atoms with Gasteiger partial charge in [-0.15, -0.1) is 12.4 Å². The fourth-order valence-corrected chi connectivity index (χ4v) is 2.59. The molecule has 1 atom stereocenters. The van der Waals surface area contributed by atoms with Crippen molar-refractivity contribution < 1.29 is 4.79 Å². The number of hydrogen-bond acceptors (Lipinski definition) is 3. The molecule has 21 heavy (non-hydrogen) atoms. The summed E-state index contributed by atoms with van der Waals surface area (Å²) in [6.45, 7) is 3.29. The van der Waals surface area contributed by atoms with Crippen molar-refractivity contribution >= 4 is 18.3 Å². The van der Waals surface area contributed by atoms with Crippen molar-refractivity contribution in [2.24, 2.45) is 5.73 Å². The Morgan fingerprint density at radius 2 is 2.05 bits per heavy atom. The quantitative estimate of drug-likeness (QED) is 0.920. The Morgan fingerprint density at radius 1 is 1.33 bits per heavy atom. The molecule has 1 aliphatic heterocycles. The molecule has 0 saturated carbocycles. The number of likely N-dealkylation sites (tertiary alicyclic amines) is 1. The van der Waals surface area contributed by atoms with Crippen LogP contribution in [0.3, 0.4) is 0 Å². The Balaban J connectivity index is 0.00000161. The second kappa shape index (κ2) is 6.28. The van der Waals surface area contributed by atoms with Gasteiger partial charge in [-0.25, -0.2) is 4.68 Å². The smallest absolute Gasteiger partial charge is 0.257 e. The zero-order valence-corrected chi connectivity index (χ0v) is 12.7. The van der Waals surface area contributed by atoms with Gasteiger partial charge in [0.1, 0.15) is 0 Å². The fourth-order valence-electron chi connectivity index (χ4n) is 2.59. The third kappa shape index (κ3) is 2.94. The molecule has 2 heterocycles. The minimum absolute atomic E-state index is 0. The molecule has 1 aromatic carbocycles. The lowest BCUT2D eigenvalue weighted by Gasteiger charge is -2.15. The van der Waals surface area contributed by atoms with Gasteiger partial charge in [0.15, 0.2) is 0 Å². The summed E-state index contributed by atoms with van der Waals surface area (Å²) in [6.07, 6.45) is 2.52. The third-order valence-corrected chi connectivity index (χ3v) is 3.75. The minimum Gasteiger partial charge on any atom is -0.337 e. The van der Waals surface area contributed by atoms with Gasteiger partial charge in [-0.05, 0) is 25.5 Å². The highest BCUT2D eigenvalue weighted by molar-refractivity contribution is 5.95. The van der Waals surface area contributed by atoms with E-state index in [0.29, 0.717) is 12.1 Å². The molecule has 1 aliphatic rings. The summed E-state index contributed by atoms with van der Waals surface area (Å²) >= 11 is 0. The summed E-state index contributed by atoms with van der Waals surface area (Å²) < 4.78 is 1.79. The van der Waals surface area contributed by atoms with E-state index in [2.05, 4.69) is 5.10 Å². The number of rotatable bonds is 2. The van der Waals surface area contributed by atoms with E-state index in [1.165, 1.54) is 0 Å². The SMILES string of the molecule is Cc1c(C(=O)N2CC[C@@H](N)C2)cnn1-c1ccccc1.Cl. The van der Waals surface area contributed by atoms with Crippen LogP contribution in [-0.2, 0) is 0 Å². The van der Waals surface area contributed by atoms with E-state index >= 15 is 0 Å². The minimum atomic E-state index is 0. The molecule has 6 heteroatoms. The first-order valence-corrected chi connectivity index (χ1v) is 6.81. The molecule has 1 saturated heterocycles. The Kier molecular flexibility index (Phi) is 4.65. The topological polar surface area (TPSA) is 64.2 Å². The molecule has 0 bridgehead atoms. The van der Waals surface area contributed by atoms with E-state index in [-0.39, 0.29) is 24.4 Å². The molecule has 0 aliphatic carbocycles. The number of nitrogens with two attached hydrogens (primary N) is 1. The lowest BCUT2D eigenvalue weighted by atomic mass is 10.2. The van der Waals surface area contributed by atoms with Crippen LogP contribution in [0.15, 0.2) is 36.5 Å². The average molecular weight is 307 g/mol. The molecule has 0 spiro atoms. The predicted molar refractivity (Wildman–Crippen MR) is 84.0 cm³/mol. The molecular weight excluding hydrogens is 288 g/mol. The lowest BCUT2D eigenvalue weighted by Crippen LogP contribution is -2.32. The Morgan fingerprint density at radius 3 is 2.67 bits per heavy atom. The highest BCUT2D eigenvalue weighted by Crippen LogP contribution is 2.18. The zero-order chi connectivity index (χ0) is 14.1. The maximum Gasteiger partial charge on any atom is 0.257 e. The van der Waals surface area contributed by atoms with Crippen LogP contribution in [0.5, 0.6) is 0 Å². The largest absolute Gasteiger partial charge is 0.337 e. The van der Waals surface area contributed by atoms with Crippen LogP contribution in [0.4, 0.5) is 0 Å². The van der Waals surface area contributed by atoms with Crippen molar-refractivity contribution in [3.63, 3.8) is 0 Å². The highest BCUT2D eigenvalue weighted by atomic mass is 35.5. The molecule has 0 unspecified atom stereocenters. The van der Waals surface area contributed by atoms with Gasteiger partial charge in [-0.3, -0.25) is 4.79 Å². The summed E-state index contributed by atoms with van der Waals surface area (Å²) in [7, 11) is 0. The molecule has 2 N–H and O–H groups in total. The third-order valence-electron chi connectivity index (χ3n) is 3.75. The Labute approximate surface area is 130 Å². The molecule has 1 aromatic heterocycles. The van der Waals surface area contributed by atoms with Gasteiger partial charge in [0, 0.05) is 19.1 Å². The number of hydrogen-bond donors (Lipinski definition) is 1. The van der Waals surface area contributed by atoms with E-state index in [9.17, 15) is 4.79 Å². The molecule has 0 radical (unpaired) electrons. The first kappa shape index (κ1) is 15.5. The number of carbonyl (C=O) groups is 1. The number of para-hydroxylation sites is 1. The zero-order valence-electron chi connectivity index (χ0n) is 11.9. The van der Waals surface area contributed by atoms with Crippen molar-refractivity contribution in [3.8, 4) is 5.69 Å². The van der Waals surface area contributed by atoms with Crippen LogP contribution in [0.25, 0.3) is 5.69 Å². The maximum atomic E-state index is 12.5. The number of carbonyl (C=O) groups excluding carboxylic acids is 1. The van der Waals surface area contributed by atoms with Crippen molar-refractivity contribution in [2.45, 2.75) is 19.4 Å². The number of halogens is 1. The molecule has 5 nitrogen and oxygen atoms in total. The van der Waals surface area contributed by atoms with Crippen molar-refractivity contribution in [2.75, 3.05) is 13.1 Å². The summed E-state index contributed by atoms with van der Waals surface area (Å²) in [5.74, 6) is 0.0256. The Hall–Kier alpha value is -1.85. The van der Waals surface area contributed by atoms with E-state index in [0.717, 1.165) is 24.3 Å². The maximum absolute atomic E-state index is 12.5. The standard InChI is InChI=1S/C15H18N4O.ClH/c1-11-14(15(20)18-8-7-12(16)10-18)9-17-19(11)13-5-3-2-4-6-13;/h2-6,9,12H,7-8,10,16H2,1H3;1H/t12-;/m1./s1. The normalized spacial score (nSPS) is 17.6. The number of aromatic nitrogens is 2. The first-order chi connectivity index (χ1) is 9.66. The predicted octanol–water partition coefficient (Wildman–Crippen LogP) is 1.78. The molecule has 2 aromatic rings. The molecule has 1 amide bonds. The van der Waals surface area contributed by atoms with Crippen LogP contribution in [-0.4, -0.2) is 39.7 Å². The van der Waals surface area contributed by atoms with Gasteiger partial charge in [0.2, 0.25) is 0 Å². The summed E-state index contributed by atoms with van der Waals surface area (Å²) in [6, 6.07) is 9.91. The molecule has 3 rings (SSSR count). The molecule has 112 valence electrons. The van der Waals surface area contributed by atoms with Crippen molar-refractivity contribution in [1.82, 2.24) is 14.7 Å². The number of nitrogens with zero attached hydrogens (tertiary/aromatic N) is 3. The van der Waals surface area contributed by atoms with Crippen LogP contribution in [0, 0.1) is 6.92 Å². The first-order valence-electron chi connectivity index (χ1n) is 6.81. The van der Waals surface area contributed by atoms with Gasteiger partial charge in [-0.2, -0.15) is 5.10 Å². The van der Waals surface area contributed by atoms with E-state index < -0.39 is 0 Å². The van der Waals surface area contributed by atoms with Gasteiger partial charge < -0.3 is 10.6 Å². The van der Waals surface area contributed by atoms with Crippen LogP contribution in [0.1, 0.15) is 22.5 Å². The van der Waals surface area contributed by atoms with Gasteiger partial charge in [-0.1, -0.05) is 18.2 Å². The van der Waals surface area contributed by atoms with Gasteiger partial charge in [0.05, 0.1) is 23.1 Å². The van der Waals surface area contributed by atoms with Crippen molar-refractivity contribution in [1.29, 1.82) is 0 Å². The number of benzene rings is 1. The van der Waals surface area contributed by atoms with E-state index in [1.807, 2.05) is 42.2 Å². The molecular formula is C15H19ClN4O. The van der Waals surface area contributed by atoms with E-state index in [1.54, 1.807) is 10.9 Å². The fraction of sp³-hybridized carbons (Fsp3) is 0.333. The van der Waals surface area contributed by atoms with E-state index in [4.69, 9.17) is 5.73 Å². The lowest BCUT2D eigenvalue weighted by molar-refractivity contribution is 0.0790. The summed E-state index contributed by atoms with van der Waals surface area (Å²) in [4.78, 5) is 14.3. The summed E-state index contributed by atoms with van der Waals surface area (Å²) in [5, 5.41) is 4.34. The van der Waals surface area contributed by atoms with Gasteiger partial charge in [0.25, 0.3) is 5.91 Å². The van der Waals surface area contributed by atoms with Gasteiger partial charge >= 0.3 is 0 Å².